The molecule has 2 aromatic heterocycles. The Balaban J connectivity index is 1.64. The first kappa shape index (κ1) is 24.2. The molecule has 0 aliphatic carbocycles. The fraction of sp³-hybridized carbons (Fsp3) is 0.348. The lowest BCUT2D eigenvalue weighted by atomic mass is 9.92. The molecule has 0 bridgehead atoms. The quantitative estimate of drug-likeness (QED) is 0.339. The monoisotopic (exact) mass is 484 g/mol. The highest BCUT2D eigenvalue weighted by atomic mass is 19.1. The molecule has 0 radical (unpaired) electrons. The summed E-state index contributed by atoms with van der Waals surface area (Å²) in [7, 11) is 0. The van der Waals surface area contributed by atoms with Gasteiger partial charge in [0.2, 0.25) is 12.2 Å². The summed E-state index contributed by atoms with van der Waals surface area (Å²) in [5.41, 5.74) is 5.99. The van der Waals surface area contributed by atoms with E-state index in [0.29, 0.717) is 41.0 Å². The number of carbonyl (C=O) groups is 2. The molecule has 4 rings (SSSR count). The number of benzene rings is 1. The number of anilines is 1. The van der Waals surface area contributed by atoms with Crippen molar-refractivity contribution in [1.29, 1.82) is 0 Å². The fourth-order valence-electron chi connectivity index (χ4n) is 3.42. The van der Waals surface area contributed by atoms with Crippen LogP contribution in [0.2, 0.25) is 0 Å². The Morgan fingerprint density at radius 1 is 1.23 bits per heavy atom. The highest BCUT2D eigenvalue weighted by Crippen LogP contribution is 2.36. The van der Waals surface area contributed by atoms with Crippen molar-refractivity contribution in [3.63, 3.8) is 0 Å². The van der Waals surface area contributed by atoms with E-state index in [9.17, 15) is 14.0 Å². The van der Waals surface area contributed by atoms with Crippen LogP contribution < -0.4 is 11.1 Å². The molecule has 1 saturated heterocycles. The zero-order chi connectivity index (χ0) is 25.0. The Hall–Kier alpha value is -3.90. The summed E-state index contributed by atoms with van der Waals surface area (Å²) in [6.45, 7) is 4.10. The lowest BCUT2D eigenvalue weighted by molar-refractivity contribution is -0.236. The van der Waals surface area contributed by atoms with Crippen LogP contribution in [-0.4, -0.2) is 51.8 Å². The third-order valence-electron chi connectivity index (χ3n) is 5.30. The van der Waals surface area contributed by atoms with Crippen molar-refractivity contribution >= 4 is 18.0 Å². The van der Waals surface area contributed by atoms with Gasteiger partial charge in [0.25, 0.3) is 0 Å². The number of hydrogen-bond donors (Lipinski definition) is 3. The Labute approximate surface area is 200 Å². The molecule has 0 spiro atoms. The number of hydrogen-bond acceptors (Lipinski definition) is 9. The molecule has 4 N–H and O–H groups in total. The second-order valence-electron chi connectivity index (χ2n) is 8.27. The molecular weight excluding hydrogens is 459 g/mol. The van der Waals surface area contributed by atoms with E-state index in [-0.39, 0.29) is 19.0 Å². The Morgan fingerprint density at radius 2 is 1.94 bits per heavy atom. The maximum absolute atomic E-state index is 13.5. The average molecular weight is 484 g/mol. The summed E-state index contributed by atoms with van der Waals surface area (Å²) >= 11 is 0. The molecule has 3 aromatic rings. The van der Waals surface area contributed by atoms with Crippen molar-refractivity contribution in [2.75, 3.05) is 25.1 Å². The first-order valence-electron chi connectivity index (χ1n) is 11.0. The maximum Gasteiger partial charge on any atom is 0.412 e. The highest BCUT2D eigenvalue weighted by Gasteiger charge is 2.43. The normalized spacial score (nSPS) is 19.8. The number of imidazole rings is 1. The van der Waals surface area contributed by atoms with Crippen LogP contribution in [0.5, 0.6) is 0 Å². The zero-order valence-electron chi connectivity index (χ0n) is 19.2. The summed E-state index contributed by atoms with van der Waals surface area (Å²) in [5, 5.41) is 3.14. The number of ether oxygens (including phenoxy) is 3. The van der Waals surface area contributed by atoms with Gasteiger partial charge in [0.15, 0.2) is 5.82 Å². The van der Waals surface area contributed by atoms with E-state index in [1.807, 2.05) is 6.92 Å². The van der Waals surface area contributed by atoms with Crippen LogP contribution in [0.4, 0.5) is 15.1 Å². The van der Waals surface area contributed by atoms with Gasteiger partial charge in [-0.15, -0.1) is 0 Å². The van der Waals surface area contributed by atoms with Crippen LogP contribution in [0.25, 0.3) is 22.6 Å². The van der Waals surface area contributed by atoms with Crippen molar-refractivity contribution in [2.45, 2.75) is 26.6 Å². The molecule has 0 saturated carbocycles. The second kappa shape index (κ2) is 10.2. The summed E-state index contributed by atoms with van der Waals surface area (Å²) in [6, 6.07) is 7.61. The number of carbonyl (C=O) groups excluding carboxylic acids is 2. The number of H-pyrrole nitrogens is 1. The molecule has 12 heteroatoms. The SMILES string of the molecule is CCCNc1nccc(-c2[nH]c(C3OCC(C)(C(=O)OC(N)=O)CO3)nc2-c2ccc(F)cc2)n1. The van der Waals surface area contributed by atoms with E-state index in [1.165, 1.54) is 19.1 Å². The van der Waals surface area contributed by atoms with Gasteiger partial charge >= 0.3 is 12.1 Å². The lowest BCUT2D eigenvalue weighted by Gasteiger charge is -2.34. The zero-order valence-corrected chi connectivity index (χ0v) is 19.2. The van der Waals surface area contributed by atoms with Gasteiger partial charge in [-0.3, -0.25) is 4.79 Å². The number of aromatic nitrogens is 4. The molecule has 184 valence electrons. The Kier molecular flexibility index (Phi) is 7.03. The standard InChI is InChI=1S/C23H25FN6O5/c1-3-9-26-22-27-10-8-15(28-22)17-16(13-4-6-14(24)7-5-13)29-18(30-17)19-33-11-23(2,12-34-19)20(31)35-21(25)32/h4-8,10,19H,3,9,11-12H2,1-2H3,(H2,25,32)(H,29,30)(H,26,27,28). The van der Waals surface area contributed by atoms with Crippen molar-refractivity contribution in [3.8, 4) is 22.6 Å². The van der Waals surface area contributed by atoms with Crippen LogP contribution >= 0.6 is 0 Å². The van der Waals surface area contributed by atoms with Crippen molar-refractivity contribution < 1.29 is 28.2 Å². The van der Waals surface area contributed by atoms with Crippen molar-refractivity contribution in [1.82, 2.24) is 19.9 Å². The largest absolute Gasteiger partial charge is 0.412 e. The number of esters is 1. The number of nitrogens with one attached hydrogen (secondary N) is 2. The highest BCUT2D eigenvalue weighted by molar-refractivity contribution is 5.87. The molecule has 1 fully saturated rings. The van der Waals surface area contributed by atoms with E-state index in [4.69, 9.17) is 15.2 Å². The molecule has 0 unspecified atom stereocenters. The number of nitrogens with two attached hydrogens (primary N) is 1. The molecule has 11 nitrogen and oxygen atoms in total. The van der Waals surface area contributed by atoms with Gasteiger partial charge < -0.3 is 30.2 Å². The first-order valence-corrected chi connectivity index (χ1v) is 11.0. The number of halogens is 1. The molecule has 35 heavy (non-hydrogen) atoms. The Bertz CT molecular complexity index is 1210. The van der Waals surface area contributed by atoms with Crippen molar-refractivity contribution in [2.24, 2.45) is 11.1 Å². The van der Waals surface area contributed by atoms with Gasteiger partial charge in [-0.1, -0.05) is 6.92 Å². The minimum absolute atomic E-state index is 0.0930. The first-order chi connectivity index (χ1) is 16.8. The van der Waals surface area contributed by atoms with Gasteiger partial charge in [-0.25, -0.2) is 24.1 Å². The molecule has 1 aromatic carbocycles. The van der Waals surface area contributed by atoms with Crippen LogP contribution in [0.1, 0.15) is 32.4 Å². The summed E-state index contributed by atoms with van der Waals surface area (Å²) < 4.78 is 29.5. The lowest BCUT2D eigenvalue weighted by Crippen LogP contribution is -2.45. The van der Waals surface area contributed by atoms with E-state index in [2.05, 4.69) is 30.0 Å². The predicted molar refractivity (Wildman–Crippen MR) is 122 cm³/mol. The van der Waals surface area contributed by atoms with Gasteiger partial charge in [-0.05, 0) is 43.7 Å². The van der Waals surface area contributed by atoms with E-state index < -0.39 is 23.8 Å². The maximum atomic E-state index is 13.5. The fourth-order valence-corrected chi connectivity index (χ4v) is 3.42. The van der Waals surface area contributed by atoms with Crippen molar-refractivity contribution in [3.05, 3.63) is 48.2 Å². The molecule has 1 amide bonds. The Morgan fingerprint density at radius 3 is 2.60 bits per heavy atom. The predicted octanol–water partition coefficient (Wildman–Crippen LogP) is 3.17. The third kappa shape index (κ3) is 5.44. The number of aromatic amines is 1. The topological polar surface area (TPSA) is 154 Å². The summed E-state index contributed by atoms with van der Waals surface area (Å²) in [6.07, 6.45) is 0.399. The summed E-state index contributed by atoms with van der Waals surface area (Å²) in [4.78, 5) is 39.7. The van der Waals surface area contributed by atoms with Gasteiger partial charge in [0, 0.05) is 18.3 Å². The molecule has 1 aliphatic heterocycles. The molecule has 1 aliphatic rings. The van der Waals surface area contributed by atoms with E-state index in [0.717, 1.165) is 6.42 Å². The number of primary amides is 1. The molecule has 3 heterocycles. The number of amides is 1. The third-order valence-corrected chi connectivity index (χ3v) is 5.30. The molecule has 0 atom stereocenters. The van der Waals surface area contributed by atoms with Crippen LogP contribution in [0, 0.1) is 11.2 Å². The summed E-state index contributed by atoms with van der Waals surface area (Å²) in [5.74, 6) is -0.435. The average Bonchev–Trinajstić information content (AvgIpc) is 3.29. The van der Waals surface area contributed by atoms with Crippen LogP contribution in [-0.2, 0) is 19.0 Å². The van der Waals surface area contributed by atoms with Gasteiger partial charge in [0.05, 0.1) is 30.3 Å². The van der Waals surface area contributed by atoms with Gasteiger partial charge in [-0.2, -0.15) is 0 Å². The van der Waals surface area contributed by atoms with E-state index in [1.54, 1.807) is 24.4 Å². The smallest absolute Gasteiger partial charge is 0.376 e. The minimum atomic E-state index is -1.22. The number of rotatable bonds is 7. The second-order valence-corrected chi connectivity index (χ2v) is 8.27. The molecular formula is C23H25FN6O5. The van der Waals surface area contributed by atoms with Crippen LogP contribution in [0.3, 0.4) is 0 Å². The number of nitrogens with zero attached hydrogens (tertiary/aromatic N) is 3. The minimum Gasteiger partial charge on any atom is -0.376 e. The van der Waals surface area contributed by atoms with E-state index >= 15 is 0 Å². The van der Waals surface area contributed by atoms with Crippen LogP contribution in [0.15, 0.2) is 36.5 Å². The van der Waals surface area contributed by atoms with Gasteiger partial charge in [0.1, 0.15) is 11.2 Å².